The normalized spacial score (nSPS) is 14.3. The molecule has 0 amide bonds. The Kier molecular flexibility index (Phi) is 6.06. The molecule has 1 aromatic heterocycles. The Morgan fingerprint density at radius 3 is 2.72 bits per heavy atom. The van der Waals surface area contributed by atoms with Crippen molar-refractivity contribution < 1.29 is 22.8 Å². The van der Waals surface area contributed by atoms with Gasteiger partial charge in [-0.1, -0.05) is 11.6 Å². The van der Waals surface area contributed by atoms with Crippen molar-refractivity contribution in [2.75, 3.05) is 20.3 Å². The Bertz CT molecular complexity index is 1020. The molecule has 29 heavy (non-hydrogen) atoms. The van der Waals surface area contributed by atoms with E-state index in [1.165, 1.54) is 0 Å². The second-order valence-electron chi connectivity index (χ2n) is 6.56. The average molecular weight is 434 g/mol. The summed E-state index contributed by atoms with van der Waals surface area (Å²) in [6.45, 7) is 1.14. The molecule has 1 aliphatic heterocycles. The zero-order valence-corrected chi connectivity index (χ0v) is 17.4. The lowest BCUT2D eigenvalue weighted by atomic mass is 10.2. The van der Waals surface area contributed by atoms with Gasteiger partial charge in [-0.2, -0.15) is 0 Å². The summed E-state index contributed by atoms with van der Waals surface area (Å²) >= 11 is 6.32. The summed E-state index contributed by atoms with van der Waals surface area (Å²) < 4.78 is 34.7. The van der Waals surface area contributed by atoms with Crippen LogP contribution in [0, 0.1) is 0 Å². The van der Waals surface area contributed by atoms with Crippen LogP contribution >= 0.6 is 11.6 Å². The quantitative estimate of drug-likeness (QED) is 0.565. The number of ether oxygens (including phenoxy) is 3. The van der Waals surface area contributed by atoms with E-state index in [4.69, 9.17) is 30.2 Å². The van der Waals surface area contributed by atoms with E-state index in [1.54, 1.807) is 19.4 Å². The van der Waals surface area contributed by atoms with Crippen molar-refractivity contribution in [3.05, 3.63) is 58.9 Å². The minimum atomic E-state index is -1.18. The summed E-state index contributed by atoms with van der Waals surface area (Å²) in [6, 6.07) is 11.0. The minimum Gasteiger partial charge on any atom is -0.497 e. The molecular formula is C21H20ClNO5S. The van der Waals surface area contributed by atoms with Gasteiger partial charge < -0.3 is 18.6 Å². The highest BCUT2D eigenvalue weighted by molar-refractivity contribution is 7.83. The van der Waals surface area contributed by atoms with Gasteiger partial charge in [0.15, 0.2) is 11.5 Å². The van der Waals surface area contributed by atoms with Gasteiger partial charge in [0.1, 0.15) is 12.0 Å². The Balaban J connectivity index is 1.43. The number of methoxy groups -OCH3 is 1. The summed E-state index contributed by atoms with van der Waals surface area (Å²) in [4.78, 5) is 4.45. The topological polar surface area (TPSA) is 70.8 Å². The highest BCUT2D eigenvalue weighted by atomic mass is 35.5. The van der Waals surface area contributed by atoms with E-state index in [2.05, 4.69) is 4.98 Å². The van der Waals surface area contributed by atoms with E-state index in [9.17, 15) is 4.21 Å². The third kappa shape index (κ3) is 4.74. The predicted octanol–water partition coefficient (Wildman–Crippen LogP) is 4.61. The van der Waals surface area contributed by atoms with Crippen LogP contribution in [0.2, 0.25) is 5.02 Å². The Morgan fingerprint density at radius 2 is 1.93 bits per heavy atom. The van der Waals surface area contributed by atoms with Gasteiger partial charge in [0, 0.05) is 28.5 Å². The van der Waals surface area contributed by atoms with E-state index in [1.807, 2.05) is 30.3 Å². The third-order valence-corrected chi connectivity index (χ3v) is 5.94. The van der Waals surface area contributed by atoms with Crippen LogP contribution in [-0.2, 0) is 22.3 Å². The SMILES string of the molecule is COc1ccc(-c2nc(CS(=O)Cc3cc(Cl)c4c(c3)OCCCO4)co2)cc1. The first kappa shape index (κ1) is 19.8. The van der Waals surface area contributed by atoms with Crippen LogP contribution in [0.15, 0.2) is 47.1 Å². The number of nitrogens with zero attached hydrogens (tertiary/aromatic N) is 1. The van der Waals surface area contributed by atoms with Crippen molar-refractivity contribution >= 4 is 22.4 Å². The highest BCUT2D eigenvalue weighted by Gasteiger charge is 2.17. The maximum atomic E-state index is 12.7. The zero-order chi connectivity index (χ0) is 20.2. The number of halogens is 1. The highest BCUT2D eigenvalue weighted by Crippen LogP contribution is 2.38. The van der Waals surface area contributed by atoms with E-state index in [-0.39, 0.29) is 5.75 Å². The molecule has 2 heterocycles. The molecule has 6 nitrogen and oxygen atoms in total. The standard InChI is InChI=1S/C21H20ClNO5S/c1-25-17-5-3-15(4-6-17)21-23-16(11-28-21)13-29(24)12-14-9-18(22)20-19(10-14)26-7-2-8-27-20/h3-6,9-11H,2,7-8,12-13H2,1H3. The van der Waals surface area contributed by atoms with Gasteiger partial charge >= 0.3 is 0 Å². The first-order chi connectivity index (χ1) is 14.1. The largest absolute Gasteiger partial charge is 0.497 e. The van der Waals surface area contributed by atoms with Crippen LogP contribution in [0.25, 0.3) is 11.5 Å². The number of hydrogen-bond donors (Lipinski definition) is 0. The minimum absolute atomic E-state index is 0.283. The Morgan fingerprint density at radius 1 is 1.14 bits per heavy atom. The second-order valence-corrected chi connectivity index (χ2v) is 8.42. The average Bonchev–Trinajstić information content (AvgIpc) is 3.04. The van der Waals surface area contributed by atoms with Crippen LogP contribution in [0.3, 0.4) is 0 Å². The molecule has 0 spiro atoms. The molecule has 8 heteroatoms. The number of fused-ring (bicyclic) bond motifs is 1. The summed E-state index contributed by atoms with van der Waals surface area (Å²) in [6.07, 6.45) is 2.34. The van der Waals surface area contributed by atoms with Crippen molar-refractivity contribution in [3.63, 3.8) is 0 Å². The van der Waals surface area contributed by atoms with Gasteiger partial charge in [0.2, 0.25) is 5.89 Å². The van der Waals surface area contributed by atoms with E-state index in [0.29, 0.717) is 47.1 Å². The number of oxazole rings is 1. The van der Waals surface area contributed by atoms with Gasteiger partial charge in [-0.15, -0.1) is 0 Å². The first-order valence-electron chi connectivity index (χ1n) is 9.14. The summed E-state index contributed by atoms with van der Waals surface area (Å²) in [7, 11) is 0.434. The third-order valence-electron chi connectivity index (χ3n) is 4.39. The zero-order valence-electron chi connectivity index (χ0n) is 15.9. The van der Waals surface area contributed by atoms with Crippen LogP contribution < -0.4 is 14.2 Å². The fourth-order valence-electron chi connectivity index (χ4n) is 3.01. The van der Waals surface area contributed by atoms with Gasteiger partial charge in [-0.3, -0.25) is 4.21 Å². The molecule has 1 aliphatic rings. The summed E-state index contributed by atoms with van der Waals surface area (Å²) in [5.41, 5.74) is 2.29. The van der Waals surface area contributed by atoms with Crippen LogP contribution in [0.5, 0.6) is 17.2 Å². The maximum Gasteiger partial charge on any atom is 0.226 e. The number of aromatic nitrogens is 1. The summed E-state index contributed by atoms with van der Waals surface area (Å²) in [5.74, 6) is 3.02. The molecule has 152 valence electrons. The van der Waals surface area contributed by atoms with Crippen LogP contribution in [0.1, 0.15) is 17.7 Å². The lowest BCUT2D eigenvalue weighted by Crippen LogP contribution is -2.01. The van der Waals surface area contributed by atoms with Gasteiger partial charge in [-0.05, 0) is 42.0 Å². The van der Waals surface area contributed by atoms with Crippen molar-refractivity contribution in [3.8, 4) is 28.7 Å². The fraction of sp³-hybridized carbons (Fsp3) is 0.286. The lowest BCUT2D eigenvalue weighted by molar-refractivity contribution is 0.297. The predicted molar refractivity (Wildman–Crippen MR) is 111 cm³/mol. The molecule has 0 aliphatic carbocycles. The van der Waals surface area contributed by atoms with Crippen molar-refractivity contribution in [2.45, 2.75) is 17.9 Å². The second kappa shape index (κ2) is 8.88. The molecule has 0 radical (unpaired) electrons. The molecular weight excluding hydrogens is 414 g/mol. The molecule has 3 aromatic rings. The summed E-state index contributed by atoms with van der Waals surface area (Å²) in [5, 5.41) is 0.472. The van der Waals surface area contributed by atoms with E-state index < -0.39 is 10.8 Å². The molecule has 0 fully saturated rings. The molecule has 2 aromatic carbocycles. The van der Waals surface area contributed by atoms with Crippen molar-refractivity contribution in [2.24, 2.45) is 0 Å². The number of benzene rings is 2. The van der Waals surface area contributed by atoms with Crippen LogP contribution in [0.4, 0.5) is 0 Å². The fourth-order valence-corrected chi connectivity index (χ4v) is 4.40. The molecule has 0 saturated carbocycles. The maximum absolute atomic E-state index is 12.7. The molecule has 0 bridgehead atoms. The first-order valence-corrected chi connectivity index (χ1v) is 11.0. The van der Waals surface area contributed by atoms with Crippen molar-refractivity contribution in [1.82, 2.24) is 4.98 Å². The Labute approximate surface area is 176 Å². The van der Waals surface area contributed by atoms with Crippen molar-refractivity contribution in [1.29, 1.82) is 0 Å². The molecule has 0 N–H and O–H groups in total. The van der Waals surface area contributed by atoms with E-state index >= 15 is 0 Å². The number of rotatable bonds is 6. The molecule has 4 rings (SSSR count). The molecule has 0 saturated heterocycles. The molecule has 1 atom stereocenters. The lowest BCUT2D eigenvalue weighted by Gasteiger charge is -2.11. The van der Waals surface area contributed by atoms with Gasteiger partial charge in [0.05, 0.1) is 36.8 Å². The Hall–Kier alpha value is -2.51. The van der Waals surface area contributed by atoms with Gasteiger partial charge in [-0.25, -0.2) is 4.98 Å². The monoisotopic (exact) mass is 433 g/mol. The van der Waals surface area contributed by atoms with Gasteiger partial charge in [0.25, 0.3) is 0 Å². The van der Waals surface area contributed by atoms with E-state index in [0.717, 1.165) is 23.3 Å². The molecule has 1 unspecified atom stereocenters. The van der Waals surface area contributed by atoms with Crippen LogP contribution in [-0.4, -0.2) is 29.5 Å². The number of hydrogen-bond acceptors (Lipinski definition) is 6. The smallest absolute Gasteiger partial charge is 0.226 e.